The molecule has 10 heteroatoms. The van der Waals surface area contributed by atoms with Crippen LogP contribution in [0, 0.1) is 0 Å². The summed E-state index contributed by atoms with van der Waals surface area (Å²) in [5.41, 5.74) is 3.19. The van der Waals surface area contributed by atoms with Crippen LogP contribution in [0.2, 0.25) is 20.1 Å². The van der Waals surface area contributed by atoms with E-state index in [0.29, 0.717) is 27.1 Å². The highest BCUT2D eigenvalue weighted by molar-refractivity contribution is 6.43. The lowest BCUT2D eigenvalue weighted by molar-refractivity contribution is -0.123. The zero-order chi connectivity index (χ0) is 23.1. The van der Waals surface area contributed by atoms with Crippen LogP contribution in [0.25, 0.3) is 0 Å². The Morgan fingerprint density at radius 3 is 2.41 bits per heavy atom. The van der Waals surface area contributed by atoms with E-state index >= 15 is 0 Å². The minimum atomic E-state index is -0.611. The first kappa shape index (κ1) is 23.9. The van der Waals surface area contributed by atoms with Crippen molar-refractivity contribution < 1.29 is 19.1 Å². The molecule has 1 amide bonds. The van der Waals surface area contributed by atoms with Crippen LogP contribution in [-0.2, 0) is 4.79 Å². The van der Waals surface area contributed by atoms with Crippen molar-refractivity contribution in [1.82, 2.24) is 5.43 Å². The summed E-state index contributed by atoms with van der Waals surface area (Å²) in [6.45, 7) is -0.292. The molecule has 0 fully saturated rings. The number of hydrazone groups is 1. The quantitative estimate of drug-likeness (QED) is 0.181. The van der Waals surface area contributed by atoms with Crippen molar-refractivity contribution in [2.75, 3.05) is 6.61 Å². The second-order valence-electron chi connectivity index (χ2n) is 6.22. The summed E-state index contributed by atoms with van der Waals surface area (Å²) < 4.78 is 10.6. The molecular formula is C22H14Cl4N2O4. The van der Waals surface area contributed by atoms with E-state index in [1.54, 1.807) is 48.5 Å². The summed E-state index contributed by atoms with van der Waals surface area (Å²) in [6, 6.07) is 15.8. The van der Waals surface area contributed by atoms with E-state index in [-0.39, 0.29) is 22.2 Å². The predicted octanol–water partition coefficient (Wildman–Crippen LogP) is 6.05. The number of carbonyl (C=O) groups is 2. The Morgan fingerprint density at radius 2 is 1.69 bits per heavy atom. The van der Waals surface area contributed by atoms with Crippen molar-refractivity contribution in [3.8, 4) is 11.5 Å². The van der Waals surface area contributed by atoms with Gasteiger partial charge >= 0.3 is 5.97 Å². The molecule has 0 heterocycles. The van der Waals surface area contributed by atoms with Crippen LogP contribution in [0.1, 0.15) is 15.9 Å². The van der Waals surface area contributed by atoms with E-state index in [2.05, 4.69) is 10.5 Å². The first-order valence-corrected chi connectivity index (χ1v) is 10.5. The molecule has 3 rings (SSSR count). The van der Waals surface area contributed by atoms with Crippen LogP contribution < -0.4 is 14.9 Å². The highest BCUT2D eigenvalue weighted by atomic mass is 35.5. The van der Waals surface area contributed by atoms with Gasteiger partial charge in [0.25, 0.3) is 5.91 Å². The number of carbonyl (C=O) groups excluding carboxylic acids is 2. The van der Waals surface area contributed by atoms with Gasteiger partial charge in [-0.2, -0.15) is 5.10 Å². The largest absolute Gasteiger partial charge is 0.482 e. The monoisotopic (exact) mass is 510 g/mol. The molecule has 0 spiro atoms. The van der Waals surface area contributed by atoms with Gasteiger partial charge in [0.1, 0.15) is 16.5 Å². The van der Waals surface area contributed by atoms with E-state index in [4.69, 9.17) is 55.9 Å². The van der Waals surface area contributed by atoms with Gasteiger partial charge in [-0.3, -0.25) is 4.79 Å². The van der Waals surface area contributed by atoms with Crippen molar-refractivity contribution in [1.29, 1.82) is 0 Å². The summed E-state index contributed by atoms with van der Waals surface area (Å²) in [6.07, 6.45) is 1.42. The van der Waals surface area contributed by atoms with Crippen LogP contribution in [0.4, 0.5) is 0 Å². The highest BCUT2D eigenvalue weighted by Crippen LogP contribution is 2.31. The molecule has 0 radical (unpaired) electrons. The van der Waals surface area contributed by atoms with Gasteiger partial charge in [0.05, 0.1) is 21.8 Å². The number of nitrogens with one attached hydrogen (secondary N) is 1. The number of nitrogens with zero attached hydrogens (tertiary/aromatic N) is 1. The first-order valence-electron chi connectivity index (χ1n) is 8.99. The third-order valence-corrected chi connectivity index (χ3v) is 5.27. The number of ether oxygens (including phenoxy) is 2. The fraction of sp³-hybridized carbons (Fsp3) is 0.0455. The number of halogens is 4. The number of amides is 1. The molecule has 164 valence electrons. The van der Waals surface area contributed by atoms with Gasteiger partial charge in [-0.1, -0.05) is 52.5 Å². The molecule has 0 atom stereocenters. The highest BCUT2D eigenvalue weighted by Gasteiger charge is 2.13. The van der Waals surface area contributed by atoms with Gasteiger partial charge in [-0.15, -0.1) is 0 Å². The fourth-order valence-electron chi connectivity index (χ4n) is 2.39. The van der Waals surface area contributed by atoms with Gasteiger partial charge in [0.15, 0.2) is 6.61 Å². The average Bonchev–Trinajstić information content (AvgIpc) is 2.76. The SMILES string of the molecule is O=C(COc1cccc(Cl)c1Cl)N/N=C\c1ccc(OC(=O)c2ccc(Cl)cc2Cl)cc1. The zero-order valence-electron chi connectivity index (χ0n) is 16.2. The van der Waals surface area contributed by atoms with Crippen molar-refractivity contribution in [2.24, 2.45) is 5.10 Å². The van der Waals surface area contributed by atoms with Crippen molar-refractivity contribution >= 4 is 64.5 Å². The molecule has 0 saturated carbocycles. The van der Waals surface area contributed by atoms with Crippen molar-refractivity contribution in [3.05, 3.63) is 91.9 Å². The summed E-state index contributed by atoms with van der Waals surface area (Å²) >= 11 is 23.7. The number of hydrogen-bond donors (Lipinski definition) is 1. The summed E-state index contributed by atoms with van der Waals surface area (Å²) in [5, 5.41) is 5.02. The Labute approximate surface area is 203 Å². The number of hydrogen-bond acceptors (Lipinski definition) is 5. The Kier molecular flexibility index (Phi) is 8.36. The lowest BCUT2D eigenvalue weighted by Crippen LogP contribution is -2.24. The van der Waals surface area contributed by atoms with E-state index in [0.717, 1.165) is 0 Å². The molecule has 1 N–H and O–H groups in total. The summed E-state index contributed by atoms with van der Waals surface area (Å²) in [4.78, 5) is 24.1. The van der Waals surface area contributed by atoms with Crippen LogP contribution in [0.3, 0.4) is 0 Å². The smallest absolute Gasteiger partial charge is 0.345 e. The molecule has 0 aliphatic carbocycles. The standard InChI is InChI=1S/C22H14Cl4N2O4/c23-14-6-9-16(18(25)10-14)22(30)32-15-7-4-13(5-8-15)11-27-28-20(29)12-31-19-3-1-2-17(24)21(19)26/h1-11H,12H2,(H,28,29)/b27-11-. The van der Waals surface area contributed by atoms with Crippen molar-refractivity contribution in [3.63, 3.8) is 0 Å². The third kappa shape index (κ3) is 6.61. The summed E-state index contributed by atoms with van der Waals surface area (Å²) in [7, 11) is 0. The maximum absolute atomic E-state index is 12.2. The topological polar surface area (TPSA) is 77.0 Å². The van der Waals surface area contributed by atoms with Gasteiger partial charge < -0.3 is 9.47 Å². The Hall–Kier alpha value is -2.77. The number of esters is 1. The molecule has 0 saturated heterocycles. The van der Waals surface area contributed by atoms with Crippen LogP contribution in [0.15, 0.2) is 65.8 Å². The van der Waals surface area contributed by atoms with Gasteiger partial charge in [0, 0.05) is 5.02 Å². The van der Waals surface area contributed by atoms with Crippen molar-refractivity contribution in [2.45, 2.75) is 0 Å². The summed E-state index contributed by atoms with van der Waals surface area (Å²) in [5.74, 6) is -0.486. The molecule has 6 nitrogen and oxygen atoms in total. The second-order valence-corrected chi connectivity index (χ2v) is 7.85. The van der Waals surface area contributed by atoms with E-state index in [1.807, 2.05) is 0 Å². The maximum atomic E-state index is 12.2. The molecule has 0 unspecified atom stereocenters. The van der Waals surface area contributed by atoms with Crippen LogP contribution in [-0.4, -0.2) is 24.7 Å². The average molecular weight is 512 g/mol. The van der Waals surface area contributed by atoms with Crippen LogP contribution >= 0.6 is 46.4 Å². The normalized spacial score (nSPS) is 10.8. The molecular weight excluding hydrogens is 498 g/mol. The van der Waals surface area contributed by atoms with Crippen LogP contribution in [0.5, 0.6) is 11.5 Å². The molecule has 0 aromatic heterocycles. The lowest BCUT2D eigenvalue weighted by Gasteiger charge is -2.07. The first-order chi connectivity index (χ1) is 15.3. The lowest BCUT2D eigenvalue weighted by atomic mass is 10.2. The molecule has 0 bridgehead atoms. The fourth-order valence-corrected chi connectivity index (χ4v) is 3.22. The Balaban J connectivity index is 1.50. The zero-order valence-corrected chi connectivity index (χ0v) is 19.2. The molecule has 3 aromatic rings. The van der Waals surface area contributed by atoms with E-state index in [9.17, 15) is 9.59 Å². The van der Waals surface area contributed by atoms with Gasteiger partial charge in [-0.25, -0.2) is 10.2 Å². The van der Waals surface area contributed by atoms with Gasteiger partial charge in [-0.05, 0) is 60.2 Å². The molecule has 32 heavy (non-hydrogen) atoms. The molecule has 0 aliphatic heterocycles. The maximum Gasteiger partial charge on any atom is 0.345 e. The number of rotatable bonds is 7. The van der Waals surface area contributed by atoms with Gasteiger partial charge in [0.2, 0.25) is 0 Å². The van der Waals surface area contributed by atoms with E-state index < -0.39 is 11.9 Å². The minimum Gasteiger partial charge on any atom is -0.482 e. The number of benzene rings is 3. The second kappa shape index (κ2) is 11.2. The minimum absolute atomic E-state index is 0.198. The predicted molar refractivity (Wildman–Crippen MR) is 126 cm³/mol. The van der Waals surface area contributed by atoms with E-state index in [1.165, 1.54) is 18.3 Å². The Morgan fingerprint density at radius 1 is 0.938 bits per heavy atom. The third-order valence-electron chi connectivity index (χ3n) is 3.92. The molecule has 3 aromatic carbocycles. The molecule has 0 aliphatic rings. The Bertz CT molecular complexity index is 1170.